The Hall–Kier alpha value is -5.05. The van der Waals surface area contributed by atoms with Gasteiger partial charge in [0, 0.05) is 10.9 Å². The summed E-state index contributed by atoms with van der Waals surface area (Å²) in [6.07, 6.45) is 2.61. The maximum Gasteiger partial charge on any atom is 0.246 e. The molecule has 4 amide bonds. The van der Waals surface area contributed by atoms with E-state index in [9.17, 15) is 19.5 Å². The number of hydrogen-bond acceptors (Lipinski definition) is 6. The molecule has 4 aromatic carbocycles. The van der Waals surface area contributed by atoms with E-state index in [-0.39, 0.29) is 43.3 Å². The van der Waals surface area contributed by atoms with Gasteiger partial charge in [0.25, 0.3) is 0 Å². The van der Waals surface area contributed by atoms with Gasteiger partial charge in [-0.1, -0.05) is 90.0 Å². The minimum atomic E-state index is -1.35. The van der Waals surface area contributed by atoms with Gasteiger partial charge in [0.1, 0.15) is 12.4 Å². The second-order valence-corrected chi connectivity index (χ2v) is 13.5. The van der Waals surface area contributed by atoms with Crippen LogP contribution in [-0.4, -0.2) is 41.9 Å². The lowest BCUT2D eigenvalue weighted by molar-refractivity contribution is -0.127. The Kier molecular flexibility index (Phi) is 7.73. The second-order valence-electron chi connectivity index (χ2n) is 13.1. The van der Waals surface area contributed by atoms with Crippen LogP contribution >= 0.6 is 11.6 Å². The highest BCUT2D eigenvalue weighted by atomic mass is 35.5. The number of allylic oxidation sites excluding steroid dienone is 2. The average molecular weight is 673 g/mol. The molecule has 2 heterocycles. The van der Waals surface area contributed by atoms with Crippen molar-refractivity contribution in [2.24, 2.45) is 23.7 Å². The van der Waals surface area contributed by atoms with Gasteiger partial charge in [-0.25, -0.2) is 4.90 Å². The van der Waals surface area contributed by atoms with E-state index in [1.165, 1.54) is 9.80 Å². The fourth-order valence-corrected chi connectivity index (χ4v) is 9.05. The second kappa shape index (κ2) is 12.1. The molecule has 246 valence electrons. The predicted octanol–water partition coefficient (Wildman–Crippen LogP) is 6.08. The van der Waals surface area contributed by atoms with Gasteiger partial charge in [-0.15, -0.1) is 0 Å². The third kappa shape index (κ3) is 4.69. The number of ether oxygens (including phenoxy) is 1. The molecule has 0 spiro atoms. The highest BCUT2D eigenvalue weighted by Crippen LogP contribution is 2.64. The molecule has 2 saturated heterocycles. The van der Waals surface area contributed by atoms with E-state index < -0.39 is 35.0 Å². The quantitative estimate of drug-likeness (QED) is 0.189. The van der Waals surface area contributed by atoms with E-state index in [2.05, 4.69) is 0 Å². The first-order valence-corrected chi connectivity index (χ1v) is 16.9. The third-order valence-corrected chi connectivity index (χ3v) is 11.0. The summed E-state index contributed by atoms with van der Waals surface area (Å²) >= 11 is 6.39. The van der Waals surface area contributed by atoms with Gasteiger partial charge < -0.3 is 9.84 Å². The zero-order chi connectivity index (χ0) is 33.9. The standard InChI is InChI=1S/C40H33ClN2O6/c41-26-10-7-13-28(22-26)43-37(46)33-23-32-30(18-19-31-34(32)38(47)42(36(31)45)27-11-5-2-6-12-27)35(24-14-16-29(17-15-24)49-21-20-44)40(33,39(43)48)25-8-3-1-4-9-25/h1-18,22,31-35,44H,19-21,23H2/t31-,32+,33-,34-,35-,40+/m0/s1. The van der Waals surface area contributed by atoms with E-state index in [4.69, 9.17) is 16.3 Å². The molecule has 8 nitrogen and oxygen atoms in total. The van der Waals surface area contributed by atoms with Gasteiger partial charge in [-0.05, 0) is 72.4 Å². The van der Waals surface area contributed by atoms with Crippen molar-refractivity contribution in [3.8, 4) is 5.75 Å². The number of aliphatic hydroxyl groups excluding tert-OH is 1. The van der Waals surface area contributed by atoms with Crippen molar-refractivity contribution in [3.05, 3.63) is 137 Å². The molecule has 9 heteroatoms. The molecular formula is C40H33ClN2O6. The maximum absolute atomic E-state index is 15.3. The number of aliphatic hydroxyl groups is 1. The van der Waals surface area contributed by atoms with Crippen LogP contribution in [0.2, 0.25) is 5.02 Å². The number of imide groups is 2. The fourth-order valence-electron chi connectivity index (χ4n) is 8.87. The Labute approximate surface area is 288 Å². The number of amides is 4. The molecule has 8 rings (SSSR count). The number of fused-ring (bicyclic) bond motifs is 4. The number of para-hydroxylation sites is 1. The van der Waals surface area contributed by atoms with Crippen LogP contribution in [-0.2, 0) is 24.6 Å². The van der Waals surface area contributed by atoms with E-state index >= 15 is 4.79 Å². The van der Waals surface area contributed by atoms with Crippen molar-refractivity contribution < 1.29 is 29.0 Å². The number of rotatable bonds is 7. The molecule has 49 heavy (non-hydrogen) atoms. The Morgan fingerprint density at radius 1 is 0.755 bits per heavy atom. The molecule has 1 saturated carbocycles. The van der Waals surface area contributed by atoms with Crippen molar-refractivity contribution >= 4 is 46.6 Å². The van der Waals surface area contributed by atoms with Crippen molar-refractivity contribution in [2.45, 2.75) is 24.2 Å². The number of anilines is 2. The molecule has 0 bridgehead atoms. The number of carbonyl (C=O) groups is 4. The lowest BCUT2D eigenvalue weighted by Crippen LogP contribution is -2.53. The average Bonchev–Trinajstić information content (AvgIpc) is 3.52. The zero-order valence-electron chi connectivity index (χ0n) is 26.4. The SMILES string of the molecule is O=C1[C@H]2[C@H](CC=C3[C@H]2C[C@H]2C(=O)N(c4cccc(Cl)c4)C(=O)[C@@]2(c2ccccc2)[C@H]3c2ccc(OCCO)cc2)C(=O)N1c1ccccc1. The number of nitrogens with zero attached hydrogens (tertiary/aromatic N) is 2. The minimum absolute atomic E-state index is 0.130. The Morgan fingerprint density at radius 2 is 1.45 bits per heavy atom. The summed E-state index contributed by atoms with van der Waals surface area (Å²) in [5.74, 6) is -3.88. The molecule has 3 fully saturated rings. The molecule has 2 aliphatic heterocycles. The fraction of sp³-hybridized carbons (Fsp3) is 0.250. The largest absolute Gasteiger partial charge is 0.491 e. The highest BCUT2D eigenvalue weighted by molar-refractivity contribution is 6.32. The van der Waals surface area contributed by atoms with Gasteiger partial charge in [0.05, 0.1) is 41.2 Å². The Morgan fingerprint density at radius 3 is 2.14 bits per heavy atom. The van der Waals surface area contributed by atoms with E-state index in [0.717, 1.165) is 11.1 Å². The highest BCUT2D eigenvalue weighted by Gasteiger charge is 2.70. The van der Waals surface area contributed by atoms with E-state index in [0.29, 0.717) is 34.1 Å². The van der Waals surface area contributed by atoms with Gasteiger partial charge in [0.15, 0.2) is 0 Å². The van der Waals surface area contributed by atoms with Crippen LogP contribution in [0.15, 0.2) is 121 Å². The van der Waals surface area contributed by atoms with Crippen molar-refractivity contribution in [1.29, 1.82) is 0 Å². The van der Waals surface area contributed by atoms with Crippen LogP contribution in [0.4, 0.5) is 11.4 Å². The molecule has 2 aliphatic carbocycles. The third-order valence-electron chi connectivity index (χ3n) is 10.8. The summed E-state index contributed by atoms with van der Waals surface area (Å²) in [5, 5.41) is 9.70. The number of hydrogen-bond donors (Lipinski definition) is 1. The summed E-state index contributed by atoms with van der Waals surface area (Å²) < 4.78 is 5.67. The Bertz CT molecular complexity index is 2000. The van der Waals surface area contributed by atoms with Crippen LogP contribution in [0.1, 0.15) is 29.9 Å². The molecular weight excluding hydrogens is 640 g/mol. The predicted molar refractivity (Wildman–Crippen MR) is 184 cm³/mol. The molecule has 0 radical (unpaired) electrons. The van der Waals surface area contributed by atoms with E-state index in [1.807, 2.05) is 54.6 Å². The maximum atomic E-state index is 15.3. The van der Waals surface area contributed by atoms with Crippen LogP contribution in [0, 0.1) is 23.7 Å². The van der Waals surface area contributed by atoms with Crippen LogP contribution in [0.5, 0.6) is 5.75 Å². The summed E-state index contributed by atoms with van der Waals surface area (Å²) in [4.78, 5) is 60.9. The zero-order valence-corrected chi connectivity index (χ0v) is 27.2. The normalized spacial score (nSPS) is 27.5. The van der Waals surface area contributed by atoms with Crippen LogP contribution < -0.4 is 14.5 Å². The lowest BCUT2D eigenvalue weighted by atomic mass is 9.49. The van der Waals surface area contributed by atoms with Crippen LogP contribution in [0.3, 0.4) is 0 Å². The molecule has 0 aromatic heterocycles. The monoisotopic (exact) mass is 672 g/mol. The van der Waals surface area contributed by atoms with E-state index in [1.54, 1.807) is 60.7 Å². The number of halogens is 1. The first kappa shape index (κ1) is 31.2. The Balaban J connectivity index is 1.33. The molecule has 1 N–H and O–H groups in total. The van der Waals surface area contributed by atoms with Gasteiger partial charge in [-0.3, -0.25) is 24.1 Å². The van der Waals surface area contributed by atoms with Crippen molar-refractivity contribution in [1.82, 2.24) is 0 Å². The van der Waals surface area contributed by atoms with Crippen molar-refractivity contribution in [3.63, 3.8) is 0 Å². The minimum Gasteiger partial charge on any atom is -0.491 e. The molecule has 4 aromatic rings. The number of carbonyl (C=O) groups excluding carboxylic acids is 4. The smallest absolute Gasteiger partial charge is 0.246 e. The van der Waals surface area contributed by atoms with Gasteiger partial charge in [0.2, 0.25) is 23.6 Å². The summed E-state index contributed by atoms with van der Waals surface area (Å²) in [5.41, 5.74) is 1.93. The summed E-state index contributed by atoms with van der Waals surface area (Å²) in [6, 6.07) is 32.5. The summed E-state index contributed by atoms with van der Waals surface area (Å²) in [6.45, 7) is -0.00622. The first-order chi connectivity index (χ1) is 23.9. The van der Waals surface area contributed by atoms with Gasteiger partial charge in [-0.2, -0.15) is 0 Å². The molecule has 4 aliphatic rings. The first-order valence-electron chi connectivity index (χ1n) is 16.5. The molecule has 6 atom stereocenters. The lowest BCUT2D eigenvalue weighted by Gasteiger charge is -2.50. The number of benzene rings is 4. The topological polar surface area (TPSA) is 104 Å². The summed E-state index contributed by atoms with van der Waals surface area (Å²) in [7, 11) is 0. The molecule has 0 unspecified atom stereocenters. The van der Waals surface area contributed by atoms with Crippen molar-refractivity contribution in [2.75, 3.05) is 23.0 Å². The van der Waals surface area contributed by atoms with Gasteiger partial charge >= 0.3 is 0 Å². The van der Waals surface area contributed by atoms with Crippen LogP contribution in [0.25, 0.3) is 0 Å².